The first kappa shape index (κ1) is 15.6. The molecule has 0 aliphatic heterocycles. The minimum Gasteiger partial charge on any atom is -0.496 e. The average Bonchev–Trinajstić information content (AvgIpc) is 3.29. The van der Waals surface area contributed by atoms with Crippen LogP contribution < -0.4 is 10.5 Å². The largest absolute Gasteiger partial charge is 0.496 e. The molecule has 1 aromatic carbocycles. The Kier molecular flexibility index (Phi) is 5.07. The van der Waals surface area contributed by atoms with Gasteiger partial charge in [-0.05, 0) is 50.3 Å². The second kappa shape index (κ2) is 6.80. The second-order valence-electron chi connectivity index (χ2n) is 5.99. The van der Waals surface area contributed by atoms with Crippen LogP contribution in [0.1, 0.15) is 37.8 Å². The Balaban J connectivity index is 2.15. The molecular formula is C16H25N3O2. The Morgan fingerprint density at radius 3 is 2.71 bits per heavy atom. The first-order chi connectivity index (χ1) is 10.0. The Hall–Kier alpha value is -1.75. The van der Waals surface area contributed by atoms with E-state index in [1.807, 2.05) is 18.2 Å². The number of methoxy groups -OCH3 is 1. The predicted molar refractivity (Wildman–Crippen MR) is 83.8 cm³/mol. The Morgan fingerprint density at radius 2 is 2.19 bits per heavy atom. The maximum absolute atomic E-state index is 8.80. The smallest absolute Gasteiger partial charge is 0.173 e. The van der Waals surface area contributed by atoms with Crippen LogP contribution >= 0.6 is 0 Å². The highest BCUT2D eigenvalue weighted by Crippen LogP contribution is 2.31. The minimum absolute atomic E-state index is 0.0668. The van der Waals surface area contributed by atoms with E-state index >= 15 is 0 Å². The summed E-state index contributed by atoms with van der Waals surface area (Å²) in [6, 6.07) is 6.34. The molecule has 0 spiro atoms. The van der Waals surface area contributed by atoms with Crippen LogP contribution in [0.3, 0.4) is 0 Å². The van der Waals surface area contributed by atoms with Gasteiger partial charge in [-0.25, -0.2) is 0 Å². The molecule has 1 aromatic rings. The third kappa shape index (κ3) is 4.11. The molecule has 1 aliphatic carbocycles. The summed E-state index contributed by atoms with van der Waals surface area (Å²) in [6.45, 7) is 6.50. The summed E-state index contributed by atoms with van der Waals surface area (Å²) in [5, 5.41) is 11.8. The molecule has 0 bridgehead atoms. The number of hydrogen-bond donors (Lipinski definition) is 2. The number of amidine groups is 1. The van der Waals surface area contributed by atoms with Gasteiger partial charge in [-0.3, -0.25) is 4.90 Å². The Bertz CT molecular complexity index is 510. The van der Waals surface area contributed by atoms with Gasteiger partial charge in [0.1, 0.15) is 5.75 Å². The van der Waals surface area contributed by atoms with Crippen molar-refractivity contribution in [3.63, 3.8) is 0 Å². The summed E-state index contributed by atoms with van der Waals surface area (Å²) < 4.78 is 5.35. The first-order valence-corrected chi connectivity index (χ1v) is 7.44. The fourth-order valence-corrected chi connectivity index (χ4v) is 2.42. The lowest BCUT2D eigenvalue weighted by atomic mass is 10.1. The van der Waals surface area contributed by atoms with Crippen molar-refractivity contribution < 1.29 is 9.94 Å². The number of nitrogens with zero attached hydrogens (tertiary/aromatic N) is 2. The SMILES string of the molecule is COc1cc(CN(CC2CC2)C(C)C)ccc1/C(N)=N/O. The maximum atomic E-state index is 8.80. The summed E-state index contributed by atoms with van der Waals surface area (Å²) in [5.41, 5.74) is 7.44. The van der Waals surface area contributed by atoms with E-state index in [1.54, 1.807) is 7.11 Å². The fourth-order valence-electron chi connectivity index (χ4n) is 2.42. The molecule has 0 amide bonds. The van der Waals surface area contributed by atoms with Gasteiger partial charge < -0.3 is 15.7 Å². The second-order valence-corrected chi connectivity index (χ2v) is 5.99. The standard InChI is InChI=1S/C16H25N3O2/c1-11(2)19(9-12-4-5-12)10-13-6-7-14(16(17)18-20)15(8-13)21-3/h6-8,11-12,20H,4-5,9-10H2,1-3H3,(H2,17,18). The Morgan fingerprint density at radius 1 is 1.48 bits per heavy atom. The van der Waals surface area contributed by atoms with E-state index < -0.39 is 0 Å². The molecule has 0 unspecified atom stereocenters. The lowest BCUT2D eigenvalue weighted by molar-refractivity contribution is 0.203. The molecule has 0 heterocycles. The van der Waals surface area contributed by atoms with Crippen LogP contribution in [-0.2, 0) is 6.54 Å². The zero-order valence-corrected chi connectivity index (χ0v) is 13.0. The average molecular weight is 291 g/mol. The van der Waals surface area contributed by atoms with Gasteiger partial charge >= 0.3 is 0 Å². The molecule has 116 valence electrons. The number of hydrogen-bond acceptors (Lipinski definition) is 4. The van der Waals surface area contributed by atoms with Crippen molar-refractivity contribution in [3.05, 3.63) is 29.3 Å². The maximum Gasteiger partial charge on any atom is 0.173 e. The zero-order valence-electron chi connectivity index (χ0n) is 13.0. The lowest BCUT2D eigenvalue weighted by Crippen LogP contribution is -2.32. The highest BCUT2D eigenvalue weighted by Gasteiger charge is 2.25. The van der Waals surface area contributed by atoms with E-state index in [-0.39, 0.29) is 5.84 Å². The summed E-state index contributed by atoms with van der Waals surface area (Å²) in [6.07, 6.45) is 2.71. The van der Waals surface area contributed by atoms with E-state index in [2.05, 4.69) is 23.9 Å². The molecule has 0 atom stereocenters. The molecule has 1 fully saturated rings. The highest BCUT2D eigenvalue weighted by atomic mass is 16.5. The first-order valence-electron chi connectivity index (χ1n) is 7.44. The number of nitrogens with two attached hydrogens (primary N) is 1. The monoisotopic (exact) mass is 291 g/mol. The van der Waals surface area contributed by atoms with E-state index in [1.165, 1.54) is 18.4 Å². The van der Waals surface area contributed by atoms with Crippen LogP contribution in [0.25, 0.3) is 0 Å². The van der Waals surface area contributed by atoms with Crippen LogP contribution in [0, 0.1) is 5.92 Å². The van der Waals surface area contributed by atoms with Gasteiger partial charge in [0.15, 0.2) is 5.84 Å². The van der Waals surface area contributed by atoms with Gasteiger partial charge in [0.25, 0.3) is 0 Å². The van der Waals surface area contributed by atoms with Crippen LogP contribution in [0.2, 0.25) is 0 Å². The van der Waals surface area contributed by atoms with E-state index in [0.29, 0.717) is 17.4 Å². The van der Waals surface area contributed by atoms with E-state index in [9.17, 15) is 0 Å². The topological polar surface area (TPSA) is 71.1 Å². The molecule has 0 radical (unpaired) electrons. The van der Waals surface area contributed by atoms with Gasteiger partial charge in [-0.15, -0.1) is 0 Å². The van der Waals surface area contributed by atoms with Gasteiger partial charge in [0.2, 0.25) is 0 Å². The van der Waals surface area contributed by atoms with Crippen molar-refractivity contribution in [2.24, 2.45) is 16.8 Å². The molecular weight excluding hydrogens is 266 g/mol. The quantitative estimate of drug-likeness (QED) is 0.350. The number of rotatable bonds is 7. The van der Waals surface area contributed by atoms with Gasteiger partial charge in [-0.2, -0.15) is 0 Å². The summed E-state index contributed by atoms with van der Waals surface area (Å²) in [7, 11) is 1.59. The molecule has 1 saturated carbocycles. The van der Waals surface area contributed by atoms with Crippen LogP contribution in [0.4, 0.5) is 0 Å². The van der Waals surface area contributed by atoms with Crippen LogP contribution in [0.5, 0.6) is 5.75 Å². The molecule has 5 nitrogen and oxygen atoms in total. The summed E-state index contributed by atoms with van der Waals surface area (Å²) in [5.74, 6) is 1.57. The molecule has 2 rings (SSSR count). The third-order valence-electron chi connectivity index (χ3n) is 3.96. The Labute approximate surface area is 126 Å². The van der Waals surface area contributed by atoms with E-state index in [0.717, 1.165) is 19.0 Å². The van der Waals surface area contributed by atoms with Crippen molar-refractivity contribution >= 4 is 5.84 Å². The minimum atomic E-state index is 0.0668. The van der Waals surface area contributed by atoms with Gasteiger partial charge in [0.05, 0.1) is 12.7 Å². The van der Waals surface area contributed by atoms with Crippen molar-refractivity contribution in [1.29, 1.82) is 0 Å². The molecule has 1 aliphatic rings. The summed E-state index contributed by atoms with van der Waals surface area (Å²) >= 11 is 0. The van der Waals surface area contributed by atoms with Crippen LogP contribution in [-0.4, -0.2) is 35.6 Å². The molecule has 21 heavy (non-hydrogen) atoms. The molecule has 3 N–H and O–H groups in total. The van der Waals surface area contributed by atoms with Crippen molar-refractivity contribution in [3.8, 4) is 5.75 Å². The predicted octanol–water partition coefficient (Wildman–Crippen LogP) is 2.41. The van der Waals surface area contributed by atoms with Gasteiger partial charge in [-0.1, -0.05) is 11.2 Å². The number of ether oxygens (including phenoxy) is 1. The molecule has 0 aromatic heterocycles. The lowest BCUT2D eigenvalue weighted by Gasteiger charge is -2.26. The zero-order chi connectivity index (χ0) is 15.4. The fraction of sp³-hybridized carbons (Fsp3) is 0.562. The highest BCUT2D eigenvalue weighted by molar-refractivity contribution is 5.99. The van der Waals surface area contributed by atoms with Gasteiger partial charge in [0, 0.05) is 19.1 Å². The molecule has 0 saturated heterocycles. The number of oxime groups is 1. The summed E-state index contributed by atoms with van der Waals surface area (Å²) in [4.78, 5) is 2.48. The third-order valence-corrected chi connectivity index (χ3v) is 3.96. The molecule has 5 heteroatoms. The van der Waals surface area contributed by atoms with Crippen molar-refractivity contribution in [2.75, 3.05) is 13.7 Å². The van der Waals surface area contributed by atoms with Crippen molar-refractivity contribution in [1.82, 2.24) is 4.90 Å². The number of benzene rings is 1. The normalized spacial score (nSPS) is 15.8. The van der Waals surface area contributed by atoms with Crippen LogP contribution in [0.15, 0.2) is 23.4 Å². The van der Waals surface area contributed by atoms with E-state index in [4.69, 9.17) is 15.7 Å². The van der Waals surface area contributed by atoms with Crippen molar-refractivity contribution in [2.45, 2.75) is 39.3 Å².